The van der Waals surface area contributed by atoms with Crippen LogP contribution in [0.1, 0.15) is 16.1 Å². The zero-order valence-corrected chi connectivity index (χ0v) is 13.3. The molecule has 0 bridgehead atoms. The van der Waals surface area contributed by atoms with Gasteiger partial charge in [-0.3, -0.25) is 0 Å². The first-order valence-corrected chi connectivity index (χ1v) is 7.28. The summed E-state index contributed by atoms with van der Waals surface area (Å²) in [5.74, 6) is 1.23. The van der Waals surface area contributed by atoms with E-state index in [1.807, 2.05) is 6.92 Å². The lowest BCUT2D eigenvalue weighted by Gasteiger charge is -2.07. The van der Waals surface area contributed by atoms with E-state index in [1.54, 1.807) is 18.2 Å². The number of halogens is 1. The molecule has 5 nitrogen and oxygen atoms in total. The van der Waals surface area contributed by atoms with Crippen LogP contribution < -0.4 is 4.74 Å². The highest BCUT2D eigenvalue weighted by Gasteiger charge is 2.22. The molecule has 20 heavy (non-hydrogen) atoms. The maximum atomic E-state index is 11.7. The van der Waals surface area contributed by atoms with Crippen LogP contribution in [-0.2, 0) is 11.3 Å². The van der Waals surface area contributed by atoms with Crippen LogP contribution in [0.25, 0.3) is 11.4 Å². The second-order valence-electron chi connectivity index (χ2n) is 4.51. The fraction of sp³-hybridized carbons (Fsp3) is 0.286. The molecule has 3 rings (SSSR count). The smallest absolute Gasteiger partial charge is 0.337 e. The molecule has 0 atom stereocenters. The lowest BCUT2D eigenvalue weighted by atomic mass is 10.1. The van der Waals surface area contributed by atoms with Crippen molar-refractivity contribution in [1.82, 2.24) is 9.55 Å². The summed E-state index contributed by atoms with van der Waals surface area (Å²) in [5, 5.41) is 0. The number of aromatic nitrogens is 2. The van der Waals surface area contributed by atoms with E-state index in [0.717, 1.165) is 33.1 Å². The van der Waals surface area contributed by atoms with E-state index < -0.39 is 0 Å². The molecule has 104 valence electrons. The van der Waals surface area contributed by atoms with Crippen molar-refractivity contribution in [1.29, 1.82) is 0 Å². The van der Waals surface area contributed by atoms with Gasteiger partial charge in [0.05, 0.1) is 30.5 Å². The minimum absolute atomic E-state index is 0.360. The summed E-state index contributed by atoms with van der Waals surface area (Å²) in [7, 11) is 1.37. The number of hydrogen-bond acceptors (Lipinski definition) is 4. The molecule has 0 unspecified atom stereocenters. The highest BCUT2D eigenvalue weighted by molar-refractivity contribution is 14.1. The molecule has 0 amide bonds. The molecule has 1 aliphatic heterocycles. The van der Waals surface area contributed by atoms with E-state index >= 15 is 0 Å². The van der Waals surface area contributed by atoms with E-state index in [2.05, 4.69) is 32.1 Å². The molecule has 0 fully saturated rings. The maximum absolute atomic E-state index is 11.7. The molecule has 0 spiro atoms. The Bertz CT molecular complexity index is 694. The Morgan fingerprint density at radius 1 is 1.50 bits per heavy atom. The third-order valence-electron chi connectivity index (χ3n) is 3.28. The van der Waals surface area contributed by atoms with Crippen LogP contribution in [0.5, 0.6) is 5.75 Å². The van der Waals surface area contributed by atoms with Gasteiger partial charge in [0.15, 0.2) is 0 Å². The second-order valence-corrected chi connectivity index (χ2v) is 5.54. The van der Waals surface area contributed by atoms with Gasteiger partial charge in [-0.2, -0.15) is 0 Å². The summed E-state index contributed by atoms with van der Waals surface area (Å²) >= 11 is 2.28. The van der Waals surface area contributed by atoms with E-state index in [0.29, 0.717) is 12.2 Å². The van der Waals surface area contributed by atoms with Gasteiger partial charge in [-0.15, -0.1) is 0 Å². The number of fused-ring (bicyclic) bond motifs is 3. The fourth-order valence-corrected chi connectivity index (χ4v) is 2.88. The summed E-state index contributed by atoms with van der Waals surface area (Å²) in [4.78, 5) is 16.3. The highest BCUT2D eigenvalue weighted by Crippen LogP contribution is 2.34. The number of imidazole rings is 1. The number of benzene rings is 1. The fourth-order valence-electron chi connectivity index (χ4n) is 2.29. The zero-order valence-electron chi connectivity index (χ0n) is 11.1. The van der Waals surface area contributed by atoms with Crippen molar-refractivity contribution < 1.29 is 14.3 Å². The van der Waals surface area contributed by atoms with Crippen molar-refractivity contribution >= 4 is 28.6 Å². The van der Waals surface area contributed by atoms with Crippen molar-refractivity contribution in [2.45, 2.75) is 13.5 Å². The van der Waals surface area contributed by atoms with Crippen molar-refractivity contribution in [2.75, 3.05) is 13.7 Å². The van der Waals surface area contributed by atoms with Gasteiger partial charge in [0, 0.05) is 0 Å². The summed E-state index contributed by atoms with van der Waals surface area (Å²) in [6.07, 6.45) is 0. The average Bonchev–Trinajstić information content (AvgIpc) is 2.64. The predicted molar refractivity (Wildman–Crippen MR) is 82.0 cm³/mol. The molecule has 2 heterocycles. The molecule has 6 heteroatoms. The highest BCUT2D eigenvalue weighted by atomic mass is 127. The number of aryl methyl sites for hydroxylation is 1. The third-order valence-corrected chi connectivity index (χ3v) is 4.64. The van der Waals surface area contributed by atoms with Crippen LogP contribution in [0.2, 0.25) is 0 Å². The van der Waals surface area contributed by atoms with Crippen molar-refractivity contribution in [3.05, 3.63) is 33.2 Å². The Morgan fingerprint density at radius 3 is 3.05 bits per heavy atom. The standard InChI is InChI=1S/C14H13IN2O3/c1-8-12(15)17-5-6-20-11-4-3-9(14(18)19-2)7-10(11)13(17)16-8/h3-4,7H,5-6H2,1-2H3. The summed E-state index contributed by atoms with van der Waals surface area (Å²) in [6, 6.07) is 5.29. The molecule has 0 aliphatic carbocycles. The minimum Gasteiger partial charge on any atom is -0.491 e. The summed E-state index contributed by atoms with van der Waals surface area (Å²) in [6.45, 7) is 3.31. The number of rotatable bonds is 1. The normalized spacial score (nSPS) is 12.9. The quantitative estimate of drug-likeness (QED) is 0.561. The Labute approximate surface area is 130 Å². The number of carbonyl (C=O) groups is 1. The molecule has 0 saturated carbocycles. The van der Waals surface area contributed by atoms with Gasteiger partial charge < -0.3 is 14.0 Å². The predicted octanol–water partition coefficient (Wildman–Crippen LogP) is 2.64. The van der Waals surface area contributed by atoms with Gasteiger partial charge in [0.2, 0.25) is 0 Å². The Kier molecular flexibility index (Phi) is 3.41. The van der Waals surface area contributed by atoms with Crippen LogP contribution >= 0.6 is 22.6 Å². The molecule has 1 aromatic carbocycles. The molecule has 1 aliphatic rings. The molecular weight excluding hydrogens is 371 g/mol. The maximum Gasteiger partial charge on any atom is 0.337 e. The largest absolute Gasteiger partial charge is 0.491 e. The average molecular weight is 384 g/mol. The van der Waals surface area contributed by atoms with Crippen LogP contribution in [0, 0.1) is 10.6 Å². The topological polar surface area (TPSA) is 53.3 Å². The molecule has 1 aromatic heterocycles. The van der Waals surface area contributed by atoms with Gasteiger partial charge in [0.25, 0.3) is 0 Å². The number of esters is 1. The Balaban J connectivity index is 2.21. The van der Waals surface area contributed by atoms with E-state index in [9.17, 15) is 4.79 Å². The molecule has 2 aromatic rings. The second kappa shape index (κ2) is 5.08. The third kappa shape index (κ3) is 2.07. The van der Waals surface area contributed by atoms with Crippen LogP contribution in [0.3, 0.4) is 0 Å². The minimum atomic E-state index is -0.360. The van der Waals surface area contributed by atoms with E-state index in [1.165, 1.54) is 7.11 Å². The number of hydrogen-bond donors (Lipinski definition) is 0. The molecule has 0 radical (unpaired) electrons. The van der Waals surface area contributed by atoms with Gasteiger partial charge >= 0.3 is 5.97 Å². The first kappa shape index (κ1) is 13.4. The Hall–Kier alpha value is -1.57. The first-order chi connectivity index (χ1) is 9.61. The van der Waals surface area contributed by atoms with Crippen molar-refractivity contribution in [3.63, 3.8) is 0 Å². The Morgan fingerprint density at radius 2 is 2.30 bits per heavy atom. The molecule has 0 saturated heterocycles. The van der Waals surface area contributed by atoms with E-state index in [-0.39, 0.29) is 5.97 Å². The zero-order chi connectivity index (χ0) is 14.3. The summed E-state index contributed by atoms with van der Waals surface area (Å²) in [5.41, 5.74) is 2.31. The van der Waals surface area contributed by atoms with Crippen LogP contribution in [0.15, 0.2) is 18.2 Å². The van der Waals surface area contributed by atoms with Crippen molar-refractivity contribution in [2.24, 2.45) is 0 Å². The van der Waals surface area contributed by atoms with Gasteiger partial charge in [0.1, 0.15) is 21.9 Å². The SMILES string of the molecule is COC(=O)c1ccc2c(c1)-c1nc(C)c(I)n1CCO2. The summed E-state index contributed by atoms with van der Waals surface area (Å²) < 4.78 is 13.7. The van der Waals surface area contributed by atoms with Gasteiger partial charge in [-0.1, -0.05) is 0 Å². The first-order valence-electron chi connectivity index (χ1n) is 6.20. The van der Waals surface area contributed by atoms with Crippen molar-refractivity contribution in [3.8, 4) is 17.1 Å². The lowest BCUT2D eigenvalue weighted by molar-refractivity contribution is 0.0601. The molecule has 0 N–H and O–H groups in total. The number of methoxy groups -OCH3 is 1. The molecular formula is C14H13IN2O3. The lowest BCUT2D eigenvalue weighted by Crippen LogP contribution is -2.07. The number of ether oxygens (including phenoxy) is 2. The van der Waals surface area contributed by atoms with Gasteiger partial charge in [-0.25, -0.2) is 9.78 Å². The monoisotopic (exact) mass is 384 g/mol. The van der Waals surface area contributed by atoms with Crippen LogP contribution in [0.4, 0.5) is 0 Å². The van der Waals surface area contributed by atoms with Gasteiger partial charge in [-0.05, 0) is 47.7 Å². The number of carbonyl (C=O) groups excluding carboxylic acids is 1. The van der Waals surface area contributed by atoms with Crippen LogP contribution in [-0.4, -0.2) is 29.2 Å². The number of nitrogens with zero attached hydrogens (tertiary/aromatic N) is 2. The van der Waals surface area contributed by atoms with E-state index in [4.69, 9.17) is 9.47 Å².